The lowest BCUT2D eigenvalue weighted by Gasteiger charge is -2.30. The van der Waals surface area contributed by atoms with Gasteiger partial charge >= 0.3 is 6.03 Å². The fourth-order valence-corrected chi connectivity index (χ4v) is 3.36. The Morgan fingerprint density at radius 3 is 2.83 bits per heavy atom. The van der Waals surface area contributed by atoms with Crippen LogP contribution in [0, 0.1) is 0 Å². The number of piperidine rings is 1. The number of carbonyl (C=O) groups excluding carboxylic acids is 1. The van der Waals surface area contributed by atoms with E-state index >= 15 is 0 Å². The van der Waals surface area contributed by atoms with Gasteiger partial charge in [-0.3, -0.25) is 4.21 Å². The van der Waals surface area contributed by atoms with Crippen LogP contribution in [0.3, 0.4) is 0 Å². The van der Waals surface area contributed by atoms with Gasteiger partial charge in [-0.05, 0) is 51.3 Å². The first-order valence-electron chi connectivity index (χ1n) is 7.97. The third kappa shape index (κ3) is 5.32. The van der Waals surface area contributed by atoms with E-state index in [4.69, 9.17) is 0 Å². The van der Waals surface area contributed by atoms with Crippen molar-refractivity contribution in [1.82, 2.24) is 4.90 Å². The number of nitrogens with zero attached hydrogens (tertiary/aromatic N) is 1. The second kappa shape index (κ2) is 7.45. The van der Waals surface area contributed by atoms with Gasteiger partial charge in [0.2, 0.25) is 0 Å². The van der Waals surface area contributed by atoms with Crippen molar-refractivity contribution in [3.05, 3.63) is 29.8 Å². The van der Waals surface area contributed by atoms with Gasteiger partial charge in [-0.25, -0.2) is 4.79 Å². The number of hydrogen-bond donors (Lipinski definition) is 2. The lowest BCUT2D eigenvalue weighted by Crippen LogP contribution is -2.44. The molecular formula is C17H26N2O3S. The topological polar surface area (TPSA) is 69.6 Å². The average Bonchev–Trinajstić information content (AvgIpc) is 2.46. The third-order valence-corrected chi connectivity index (χ3v) is 5.80. The zero-order valence-electron chi connectivity index (χ0n) is 14.0. The lowest BCUT2D eigenvalue weighted by atomic mass is 10.1. The molecule has 2 rings (SSSR count). The van der Waals surface area contributed by atoms with E-state index in [2.05, 4.69) is 5.32 Å². The van der Waals surface area contributed by atoms with E-state index in [-0.39, 0.29) is 10.8 Å². The van der Waals surface area contributed by atoms with Crippen LogP contribution in [-0.2, 0) is 16.6 Å². The van der Waals surface area contributed by atoms with Crippen LogP contribution < -0.4 is 5.32 Å². The number of benzene rings is 1. The van der Waals surface area contributed by atoms with Gasteiger partial charge in [-0.15, -0.1) is 0 Å². The predicted octanol–water partition coefficient (Wildman–Crippen LogP) is 2.72. The monoisotopic (exact) mass is 338 g/mol. The first-order valence-corrected chi connectivity index (χ1v) is 9.29. The fraction of sp³-hybridized carbons (Fsp3) is 0.588. The highest BCUT2D eigenvalue weighted by atomic mass is 32.2. The third-order valence-electron chi connectivity index (χ3n) is 3.84. The largest absolute Gasteiger partial charge is 0.391 e. The van der Waals surface area contributed by atoms with Crippen LogP contribution in [0.1, 0.15) is 39.2 Å². The summed E-state index contributed by atoms with van der Waals surface area (Å²) in [7, 11) is -0.974. The molecule has 0 spiro atoms. The Labute approximate surface area is 140 Å². The van der Waals surface area contributed by atoms with E-state index in [0.717, 1.165) is 18.4 Å². The van der Waals surface area contributed by atoms with Crippen LogP contribution >= 0.6 is 0 Å². The maximum Gasteiger partial charge on any atom is 0.321 e. The minimum Gasteiger partial charge on any atom is -0.391 e. The maximum absolute atomic E-state index is 12.2. The van der Waals surface area contributed by atoms with Crippen LogP contribution in [0.4, 0.5) is 10.5 Å². The molecule has 1 saturated heterocycles. The summed E-state index contributed by atoms with van der Waals surface area (Å²) in [5.74, 6) is 0.468. The normalized spacial score (nSPS) is 20.2. The number of hydrogen-bond acceptors (Lipinski definition) is 3. The molecule has 0 bridgehead atoms. The molecule has 1 aliphatic rings. The van der Waals surface area contributed by atoms with Crippen molar-refractivity contribution in [3.63, 3.8) is 0 Å². The second-order valence-corrected chi connectivity index (χ2v) is 9.18. The Hall–Kier alpha value is -1.40. The number of urea groups is 1. The number of likely N-dealkylation sites (tertiary alicyclic amines) is 1. The molecule has 1 heterocycles. The molecule has 1 aromatic carbocycles. The van der Waals surface area contributed by atoms with E-state index in [1.807, 2.05) is 45.0 Å². The molecule has 0 aliphatic carbocycles. The van der Waals surface area contributed by atoms with Crippen molar-refractivity contribution in [3.8, 4) is 0 Å². The quantitative estimate of drug-likeness (QED) is 0.890. The minimum atomic E-state index is -0.974. The Bertz CT molecular complexity index is 583. The smallest absolute Gasteiger partial charge is 0.321 e. The molecule has 0 unspecified atom stereocenters. The molecule has 23 heavy (non-hydrogen) atoms. The Balaban J connectivity index is 1.99. The summed E-state index contributed by atoms with van der Waals surface area (Å²) >= 11 is 0. The summed E-state index contributed by atoms with van der Waals surface area (Å²) in [4.78, 5) is 13.9. The van der Waals surface area contributed by atoms with Crippen LogP contribution in [0.5, 0.6) is 0 Å². The van der Waals surface area contributed by atoms with Crippen LogP contribution in [0.2, 0.25) is 0 Å². The fourth-order valence-electron chi connectivity index (χ4n) is 2.45. The number of aliphatic hydroxyl groups is 1. The highest BCUT2D eigenvalue weighted by Crippen LogP contribution is 2.19. The van der Waals surface area contributed by atoms with Gasteiger partial charge in [-0.2, -0.15) is 0 Å². The molecule has 1 aromatic rings. The number of aliphatic hydroxyl groups excluding tert-OH is 1. The van der Waals surface area contributed by atoms with E-state index in [9.17, 15) is 14.1 Å². The molecule has 128 valence electrons. The number of nitrogens with one attached hydrogen (secondary N) is 1. The molecule has 0 aromatic heterocycles. The van der Waals surface area contributed by atoms with Crippen molar-refractivity contribution in [2.24, 2.45) is 0 Å². The second-order valence-electron chi connectivity index (χ2n) is 6.97. The Morgan fingerprint density at radius 1 is 1.43 bits per heavy atom. The Morgan fingerprint density at radius 2 is 2.17 bits per heavy atom. The number of carbonyl (C=O) groups is 1. The van der Waals surface area contributed by atoms with Gasteiger partial charge in [0, 0.05) is 40.1 Å². The van der Waals surface area contributed by atoms with Gasteiger partial charge < -0.3 is 15.3 Å². The SMILES string of the molecule is CC(C)(C)[S@](=O)Cc1cccc(NC(=O)N2CCC[C@H](O)C2)c1. The minimum absolute atomic E-state index is 0.196. The van der Waals surface area contributed by atoms with Crippen LogP contribution in [-0.4, -0.2) is 44.2 Å². The summed E-state index contributed by atoms with van der Waals surface area (Å²) in [6.45, 7) is 6.90. The first kappa shape index (κ1) is 17.9. The molecule has 1 aliphatic heterocycles. The molecular weight excluding hydrogens is 312 g/mol. The summed E-state index contributed by atoms with van der Waals surface area (Å²) in [6.07, 6.45) is 1.13. The molecule has 2 amide bonds. The van der Waals surface area contributed by atoms with Gasteiger partial charge in [0.15, 0.2) is 0 Å². The van der Waals surface area contributed by atoms with E-state index in [1.165, 1.54) is 0 Å². The molecule has 1 fully saturated rings. The lowest BCUT2D eigenvalue weighted by molar-refractivity contribution is 0.0883. The van der Waals surface area contributed by atoms with Gasteiger partial charge in [-0.1, -0.05) is 12.1 Å². The summed E-state index contributed by atoms with van der Waals surface area (Å²) < 4.78 is 12.0. The maximum atomic E-state index is 12.2. The molecule has 2 atom stereocenters. The number of rotatable bonds is 3. The van der Waals surface area contributed by atoms with Crippen molar-refractivity contribution in [1.29, 1.82) is 0 Å². The van der Waals surface area contributed by atoms with Crippen LogP contribution in [0.15, 0.2) is 24.3 Å². The highest BCUT2D eigenvalue weighted by molar-refractivity contribution is 7.85. The van der Waals surface area contributed by atoms with Crippen molar-refractivity contribution >= 4 is 22.5 Å². The zero-order chi connectivity index (χ0) is 17.0. The summed E-state index contributed by atoms with van der Waals surface area (Å²) in [6, 6.07) is 7.27. The van der Waals surface area contributed by atoms with Gasteiger partial charge in [0.25, 0.3) is 0 Å². The molecule has 5 nitrogen and oxygen atoms in total. The van der Waals surface area contributed by atoms with E-state index in [0.29, 0.717) is 24.5 Å². The van der Waals surface area contributed by atoms with Crippen molar-refractivity contribution in [2.45, 2.75) is 50.2 Å². The van der Waals surface area contributed by atoms with Gasteiger partial charge in [0.1, 0.15) is 0 Å². The van der Waals surface area contributed by atoms with Crippen molar-refractivity contribution < 1.29 is 14.1 Å². The van der Waals surface area contributed by atoms with Crippen LogP contribution in [0.25, 0.3) is 0 Å². The Kier molecular flexibility index (Phi) is 5.81. The predicted molar refractivity (Wildman–Crippen MR) is 93.9 cm³/mol. The average molecular weight is 338 g/mol. The molecule has 2 N–H and O–H groups in total. The number of anilines is 1. The van der Waals surface area contributed by atoms with Gasteiger partial charge in [0.05, 0.1) is 6.10 Å². The summed E-state index contributed by atoms with van der Waals surface area (Å²) in [5, 5.41) is 12.5. The molecule has 6 heteroatoms. The van der Waals surface area contributed by atoms with E-state index in [1.54, 1.807) is 4.90 Å². The molecule has 0 radical (unpaired) electrons. The van der Waals surface area contributed by atoms with Crippen molar-refractivity contribution in [2.75, 3.05) is 18.4 Å². The zero-order valence-corrected chi connectivity index (χ0v) is 14.9. The van der Waals surface area contributed by atoms with E-state index < -0.39 is 16.9 Å². The summed E-state index contributed by atoms with van der Waals surface area (Å²) in [5.41, 5.74) is 1.63. The number of amides is 2. The highest BCUT2D eigenvalue weighted by Gasteiger charge is 2.22. The number of β-amino-alcohol motifs (C(OH)–C–C–N with tert-alkyl or cyclic N) is 1. The standard InChI is InChI=1S/C17H26N2O3S/c1-17(2,3)23(22)12-13-6-4-7-14(10-13)18-16(21)19-9-5-8-15(20)11-19/h4,6-7,10,15,20H,5,8-9,11-12H2,1-3H3,(H,18,21)/t15-,23+/m0/s1. The first-order chi connectivity index (χ1) is 10.8. The molecule has 0 saturated carbocycles.